The largest absolute Gasteiger partial charge is 0.606 e. The van der Waals surface area contributed by atoms with Gasteiger partial charge in [-0.25, -0.2) is 0 Å². The lowest BCUT2D eigenvalue weighted by atomic mass is 9.98. The molecule has 19 heteroatoms. The van der Waals surface area contributed by atoms with E-state index in [0.29, 0.717) is 17.4 Å². The number of rotatable bonds is 44. The normalized spacial score (nSPS) is 26.8. The molecule has 2 saturated heterocycles. The summed E-state index contributed by atoms with van der Waals surface area (Å²) < 4.78 is 40.0. The molecule has 0 bridgehead atoms. The molecular formula is C53H104N2O16P+. The molecule has 72 heavy (non-hydrogen) atoms. The standard InChI is InChI=1S/C53H103N2O16P/c1-7-10-12-14-16-18-20-22-24-26-28-30-32-34-42(56)41(54-45(57)35-33-31-29-27-25-23-21-19-17-15-13-11-8-2)38-65-52-50(62)48(60)46(58)43(70-52)39-66-53-51(63)49(61)47(59)44(71-53)40-69-72(64,67-9-3)68-37-36-55(4,5)6/h32,34,41-44,46-53,56,58-63H,7-31,33,35-40H2,1-6H3/p+1/b34-32+/t41-,42+,43+,44+,46-,47-,48-,49-,50+,51+,52+,53+,72?/m0/s1. The van der Waals surface area contributed by atoms with Crippen LogP contribution in [0, 0.1) is 0 Å². The Labute approximate surface area is 434 Å². The molecule has 13 atom stereocenters. The number of unbranched alkanes of at least 4 members (excludes halogenated alkanes) is 23. The van der Waals surface area contributed by atoms with Gasteiger partial charge in [-0.1, -0.05) is 167 Å². The zero-order valence-electron chi connectivity index (χ0n) is 45.4. The number of carbonyl (C=O) groups is 1. The number of phosphoric ester groups is 1. The number of amides is 1. The van der Waals surface area contributed by atoms with Crippen molar-refractivity contribution in [3.8, 4) is 0 Å². The van der Waals surface area contributed by atoms with Crippen LogP contribution in [0.4, 0.5) is 0 Å². The van der Waals surface area contributed by atoms with Gasteiger partial charge in [0.1, 0.15) is 68.6 Å². The molecule has 0 aromatic heterocycles. The first-order valence-electron chi connectivity index (χ1n) is 28.1. The molecule has 18 nitrogen and oxygen atoms in total. The second-order valence-corrected chi connectivity index (χ2v) is 22.8. The molecule has 2 aliphatic rings. The summed E-state index contributed by atoms with van der Waals surface area (Å²) in [5, 5.41) is 79.2. The van der Waals surface area contributed by atoms with Crippen LogP contribution in [-0.2, 0) is 37.3 Å². The van der Waals surface area contributed by atoms with Crippen LogP contribution in [0.25, 0.3) is 0 Å². The van der Waals surface area contributed by atoms with Crippen LogP contribution >= 0.6 is 8.17 Å². The molecule has 0 aromatic carbocycles. The van der Waals surface area contributed by atoms with Crippen LogP contribution in [0.1, 0.15) is 188 Å². The van der Waals surface area contributed by atoms with Crippen molar-refractivity contribution in [2.45, 2.75) is 261 Å². The average molecular weight is 1060 g/mol. The van der Waals surface area contributed by atoms with Crippen molar-refractivity contribution in [3.05, 3.63) is 12.2 Å². The third-order valence-electron chi connectivity index (χ3n) is 13.5. The highest BCUT2D eigenvalue weighted by Gasteiger charge is 2.49. The number of hydrogen-bond donors (Lipinski definition) is 8. The van der Waals surface area contributed by atoms with Gasteiger partial charge in [-0.15, -0.1) is 0 Å². The molecule has 2 fully saturated rings. The van der Waals surface area contributed by atoms with Crippen molar-refractivity contribution in [1.29, 1.82) is 0 Å². The molecule has 426 valence electrons. The van der Waals surface area contributed by atoms with E-state index in [1.165, 1.54) is 109 Å². The first kappa shape index (κ1) is 67.1. The highest BCUT2D eigenvalue weighted by Crippen LogP contribution is 2.53. The van der Waals surface area contributed by atoms with Crippen LogP contribution in [0.2, 0.25) is 0 Å². The van der Waals surface area contributed by atoms with E-state index in [0.717, 1.165) is 44.9 Å². The number of ether oxygens (including phenoxy) is 4. The van der Waals surface area contributed by atoms with E-state index in [9.17, 15) is 45.4 Å². The Morgan fingerprint density at radius 2 is 1.04 bits per heavy atom. The second-order valence-electron chi connectivity index (χ2n) is 21.1. The molecule has 2 heterocycles. The fourth-order valence-electron chi connectivity index (χ4n) is 8.74. The molecule has 0 aromatic rings. The Kier molecular flexibility index (Phi) is 36.7. The predicted molar refractivity (Wildman–Crippen MR) is 277 cm³/mol. The molecular weight excluding hydrogens is 952 g/mol. The Morgan fingerprint density at radius 1 is 0.597 bits per heavy atom. The molecule has 2 aliphatic heterocycles. The lowest BCUT2D eigenvalue weighted by Gasteiger charge is -2.43. The van der Waals surface area contributed by atoms with Gasteiger partial charge < -0.3 is 69.4 Å². The molecule has 0 aliphatic carbocycles. The Balaban J connectivity index is 2.00. The minimum Gasteiger partial charge on any atom is -0.606 e. The van der Waals surface area contributed by atoms with Gasteiger partial charge >= 0.3 is 8.17 Å². The molecule has 0 spiro atoms. The fourth-order valence-corrected chi connectivity index (χ4v) is 9.91. The van der Waals surface area contributed by atoms with Crippen molar-refractivity contribution < 1.29 is 82.4 Å². The molecule has 8 N–H and O–H groups in total. The third kappa shape index (κ3) is 28.9. The van der Waals surface area contributed by atoms with E-state index in [-0.39, 0.29) is 32.1 Å². The van der Waals surface area contributed by atoms with Crippen LogP contribution in [0.15, 0.2) is 12.2 Å². The summed E-state index contributed by atoms with van der Waals surface area (Å²) >= 11 is 0. The second kappa shape index (κ2) is 39.4. The van der Waals surface area contributed by atoms with Crippen LogP contribution in [0.3, 0.4) is 0 Å². The Bertz CT molecular complexity index is 1370. The molecule has 0 saturated carbocycles. The van der Waals surface area contributed by atoms with Gasteiger partial charge in [0.15, 0.2) is 12.6 Å². The van der Waals surface area contributed by atoms with Crippen molar-refractivity contribution in [1.82, 2.24) is 5.32 Å². The van der Waals surface area contributed by atoms with Crippen molar-refractivity contribution in [2.75, 3.05) is 60.7 Å². The Morgan fingerprint density at radius 3 is 1.51 bits per heavy atom. The number of nitrogens with zero attached hydrogens (tertiary/aromatic N) is 1. The minimum absolute atomic E-state index is 0.0102. The summed E-state index contributed by atoms with van der Waals surface area (Å²) in [6, 6.07) is -0.943. The minimum atomic E-state index is -4.13. The maximum absolute atomic E-state index is 13.3. The number of quaternary nitrogens is 1. The fraction of sp³-hybridized carbons (Fsp3) is 0.943. The van der Waals surface area contributed by atoms with Crippen LogP contribution in [-0.4, -0.2) is 180 Å². The summed E-state index contributed by atoms with van der Waals surface area (Å²) in [6.45, 7) is 5.08. The first-order chi connectivity index (χ1) is 34.5. The summed E-state index contributed by atoms with van der Waals surface area (Å²) in [5.41, 5.74) is 0. The monoisotopic (exact) mass is 1060 g/mol. The van der Waals surface area contributed by atoms with Crippen molar-refractivity contribution in [2.24, 2.45) is 0 Å². The van der Waals surface area contributed by atoms with Crippen LogP contribution in [0.5, 0.6) is 0 Å². The molecule has 2 rings (SSSR count). The van der Waals surface area contributed by atoms with Crippen LogP contribution < -0.4 is 10.2 Å². The number of allylic oxidation sites excluding steroid dienone is 1. The number of hydrogen-bond acceptors (Lipinski definition) is 16. The first-order valence-corrected chi connectivity index (χ1v) is 29.5. The van der Waals surface area contributed by atoms with Gasteiger partial charge in [0.2, 0.25) is 5.91 Å². The lowest BCUT2D eigenvalue weighted by Crippen LogP contribution is -2.62. The maximum atomic E-state index is 13.3. The van der Waals surface area contributed by atoms with E-state index in [4.69, 9.17) is 32.5 Å². The highest BCUT2D eigenvalue weighted by atomic mass is 31.2. The van der Waals surface area contributed by atoms with E-state index < -0.39 is 94.9 Å². The van der Waals surface area contributed by atoms with Crippen molar-refractivity contribution in [3.63, 3.8) is 0 Å². The summed E-state index contributed by atoms with van der Waals surface area (Å²) in [6.07, 6.45) is 15.8. The highest BCUT2D eigenvalue weighted by molar-refractivity contribution is 7.53. The lowest BCUT2D eigenvalue weighted by molar-refractivity contribution is -0.870. The number of phosphoric acid groups is 1. The number of aliphatic hydroxyl groups excluding tert-OH is 7. The van der Waals surface area contributed by atoms with E-state index in [1.807, 2.05) is 27.2 Å². The predicted octanol–water partition coefficient (Wildman–Crippen LogP) is 6.03. The molecule has 1 unspecified atom stereocenters. The number of nitrogens with one attached hydrogen (secondary N) is 1. The number of carbonyl (C=O) groups excluding carboxylic acids is 1. The van der Waals surface area contributed by atoms with Gasteiger partial charge in [-0.3, -0.25) is 4.79 Å². The van der Waals surface area contributed by atoms with Gasteiger partial charge in [-0.05, 0) is 26.2 Å². The molecule has 1 amide bonds. The van der Waals surface area contributed by atoms with E-state index in [1.54, 1.807) is 13.0 Å². The molecule has 0 radical (unpaired) electrons. The summed E-state index contributed by atoms with van der Waals surface area (Å²) in [7, 11) is 1.64. The van der Waals surface area contributed by atoms with E-state index >= 15 is 0 Å². The average Bonchev–Trinajstić information content (AvgIpc) is 3.34. The third-order valence-corrected chi connectivity index (χ3v) is 15.0. The van der Waals surface area contributed by atoms with Crippen molar-refractivity contribution >= 4 is 14.1 Å². The topological polar surface area (TPSA) is 258 Å². The zero-order valence-corrected chi connectivity index (χ0v) is 46.3. The number of aliphatic hydroxyl groups is 7. The van der Waals surface area contributed by atoms with Gasteiger partial charge in [0.25, 0.3) is 0 Å². The summed E-state index contributed by atoms with van der Waals surface area (Å²) in [5.74, 6) is -0.258. The van der Waals surface area contributed by atoms with Gasteiger partial charge in [-0.2, -0.15) is 13.6 Å². The van der Waals surface area contributed by atoms with Gasteiger partial charge in [0.05, 0.1) is 53.1 Å². The maximum Gasteiger partial charge on any atom is 0.379 e. The smallest absolute Gasteiger partial charge is 0.379 e. The quantitative estimate of drug-likeness (QED) is 0.0150. The number of likely N-dealkylation sites (N-methyl/N-ethyl adjacent to an activating group) is 1. The van der Waals surface area contributed by atoms with E-state index in [2.05, 4.69) is 19.2 Å². The van der Waals surface area contributed by atoms with Gasteiger partial charge in [0, 0.05) is 6.42 Å². The zero-order chi connectivity index (χ0) is 53.2. The summed E-state index contributed by atoms with van der Waals surface area (Å²) in [4.78, 5) is 26.6. The Hall–Kier alpha value is -1.000. The SMILES string of the molecule is CCCCCCCCCCCCC/C=C/[C@@H](O)[C@H](CO[C@@H]1O[C@H](CO[C@@H]2O[C@H](CO[P+]([O-])(OCC)OCC[N+](C)(C)C)[C@H](O)[C@H](O)[C@H]2O)[C@H](O)[C@H](O)[C@H]1O)NC(=O)CCCCCCCCCCCCCCC.